The molecule has 2 aromatic rings. The van der Waals surface area contributed by atoms with E-state index < -0.39 is 0 Å². The van der Waals surface area contributed by atoms with Crippen molar-refractivity contribution in [3.05, 3.63) is 58.7 Å². The summed E-state index contributed by atoms with van der Waals surface area (Å²) in [6.07, 6.45) is 4.99. The van der Waals surface area contributed by atoms with Gasteiger partial charge in [0, 0.05) is 5.41 Å². The van der Waals surface area contributed by atoms with Crippen molar-refractivity contribution in [1.29, 1.82) is 0 Å². The fraction of sp³-hybridized carbons (Fsp3) is 0.478. The molecule has 0 saturated heterocycles. The second-order valence-corrected chi connectivity index (χ2v) is 6.68. The third kappa shape index (κ3) is 2.96. The quantitative estimate of drug-likeness (QED) is 0.560. The van der Waals surface area contributed by atoms with Crippen molar-refractivity contribution in [3.63, 3.8) is 0 Å². The van der Waals surface area contributed by atoms with Crippen LogP contribution in [0, 0.1) is 13.8 Å². The lowest BCUT2D eigenvalue weighted by atomic mass is 9.71. The van der Waals surface area contributed by atoms with E-state index in [0.717, 1.165) is 0 Å². The van der Waals surface area contributed by atoms with Gasteiger partial charge in [-0.3, -0.25) is 0 Å². The van der Waals surface area contributed by atoms with E-state index >= 15 is 0 Å². The average molecular weight is 309 g/mol. The van der Waals surface area contributed by atoms with Gasteiger partial charge < -0.3 is 0 Å². The highest BCUT2D eigenvalue weighted by molar-refractivity contribution is 5.81. The standard InChI is InChI=1S/C21H26.C2H6/c1-5-11-21(12-6-2)19-13-15(3)7-9-17(19)18-10-8-16(4)14-20(18)21;1-2/h7-10,13-14H,5-6,11-12H2,1-4H3;1-2H3. The Kier molecular flexibility index (Phi) is 5.68. The summed E-state index contributed by atoms with van der Waals surface area (Å²) in [5.41, 5.74) is 9.10. The monoisotopic (exact) mass is 308 g/mol. The summed E-state index contributed by atoms with van der Waals surface area (Å²) < 4.78 is 0. The van der Waals surface area contributed by atoms with Crippen molar-refractivity contribution in [3.8, 4) is 11.1 Å². The van der Waals surface area contributed by atoms with Crippen LogP contribution in [-0.2, 0) is 5.41 Å². The van der Waals surface area contributed by atoms with Gasteiger partial charge in [0.25, 0.3) is 0 Å². The fourth-order valence-electron chi connectivity index (χ4n) is 4.24. The molecule has 23 heavy (non-hydrogen) atoms. The van der Waals surface area contributed by atoms with Crippen LogP contribution in [0.4, 0.5) is 0 Å². The fourth-order valence-corrected chi connectivity index (χ4v) is 4.24. The van der Waals surface area contributed by atoms with Crippen LogP contribution < -0.4 is 0 Å². The van der Waals surface area contributed by atoms with Gasteiger partial charge in [-0.1, -0.05) is 88.1 Å². The van der Waals surface area contributed by atoms with Crippen molar-refractivity contribution in [2.75, 3.05) is 0 Å². The van der Waals surface area contributed by atoms with E-state index in [2.05, 4.69) is 64.1 Å². The zero-order valence-electron chi connectivity index (χ0n) is 15.8. The van der Waals surface area contributed by atoms with Crippen molar-refractivity contribution in [1.82, 2.24) is 0 Å². The van der Waals surface area contributed by atoms with E-state index in [1.165, 1.54) is 47.9 Å². The molecule has 2 aromatic carbocycles. The molecule has 0 fully saturated rings. The van der Waals surface area contributed by atoms with Crippen molar-refractivity contribution in [2.45, 2.75) is 72.6 Å². The molecule has 0 radical (unpaired) electrons. The Morgan fingerprint density at radius 2 is 1.09 bits per heavy atom. The predicted octanol–water partition coefficient (Wildman–Crippen LogP) is 7.20. The first kappa shape index (κ1) is 17.8. The number of fused-ring (bicyclic) bond motifs is 3. The maximum Gasteiger partial charge on any atom is 0.0215 e. The second-order valence-electron chi connectivity index (χ2n) is 6.68. The van der Waals surface area contributed by atoms with E-state index in [9.17, 15) is 0 Å². The molecule has 0 bridgehead atoms. The van der Waals surface area contributed by atoms with Gasteiger partial charge in [0.1, 0.15) is 0 Å². The molecule has 0 aromatic heterocycles. The Hall–Kier alpha value is -1.56. The molecule has 0 N–H and O–H groups in total. The first-order valence-electron chi connectivity index (χ1n) is 9.35. The molecule has 124 valence electrons. The van der Waals surface area contributed by atoms with Gasteiger partial charge in [-0.05, 0) is 48.9 Å². The number of benzene rings is 2. The van der Waals surface area contributed by atoms with Crippen LogP contribution >= 0.6 is 0 Å². The van der Waals surface area contributed by atoms with Crippen LogP contribution in [0.15, 0.2) is 36.4 Å². The molecule has 0 unspecified atom stereocenters. The van der Waals surface area contributed by atoms with Crippen LogP contribution in [0.1, 0.15) is 75.6 Å². The molecule has 0 amide bonds. The molecule has 0 spiro atoms. The Morgan fingerprint density at radius 1 is 0.696 bits per heavy atom. The second kappa shape index (κ2) is 7.34. The van der Waals surface area contributed by atoms with E-state index in [-0.39, 0.29) is 5.41 Å². The van der Waals surface area contributed by atoms with E-state index in [1.54, 1.807) is 11.1 Å². The highest BCUT2D eigenvalue weighted by Crippen LogP contribution is 2.54. The summed E-state index contributed by atoms with van der Waals surface area (Å²) in [5.74, 6) is 0. The minimum Gasteiger partial charge on any atom is -0.0683 e. The molecule has 0 heteroatoms. The van der Waals surface area contributed by atoms with Gasteiger partial charge in [-0.2, -0.15) is 0 Å². The normalized spacial score (nSPS) is 13.8. The SMILES string of the molecule is CC.CCCC1(CCC)c2cc(C)ccc2-c2ccc(C)cc21. The minimum atomic E-state index is 0.242. The molecule has 0 heterocycles. The summed E-state index contributed by atoms with van der Waals surface area (Å²) in [7, 11) is 0. The molecule has 0 atom stereocenters. The van der Waals surface area contributed by atoms with E-state index in [0.29, 0.717) is 0 Å². The molecule has 0 saturated carbocycles. The molecule has 0 aliphatic heterocycles. The Balaban J connectivity index is 0.000000924. The molecule has 1 aliphatic carbocycles. The molecule has 0 nitrogen and oxygen atoms in total. The molecular formula is C23H32. The minimum absolute atomic E-state index is 0.242. The van der Waals surface area contributed by atoms with E-state index in [4.69, 9.17) is 0 Å². The van der Waals surface area contributed by atoms with Crippen molar-refractivity contribution < 1.29 is 0 Å². The Labute approximate surface area is 143 Å². The van der Waals surface area contributed by atoms with Crippen LogP contribution in [-0.4, -0.2) is 0 Å². The maximum absolute atomic E-state index is 2.44. The topological polar surface area (TPSA) is 0 Å². The van der Waals surface area contributed by atoms with Crippen molar-refractivity contribution >= 4 is 0 Å². The lowest BCUT2D eigenvalue weighted by molar-refractivity contribution is 0.435. The largest absolute Gasteiger partial charge is 0.0683 e. The highest BCUT2D eigenvalue weighted by Gasteiger charge is 2.41. The van der Waals surface area contributed by atoms with Gasteiger partial charge in [0.2, 0.25) is 0 Å². The number of hydrogen-bond acceptors (Lipinski definition) is 0. The first-order valence-corrected chi connectivity index (χ1v) is 9.35. The highest BCUT2D eigenvalue weighted by atomic mass is 14.4. The lowest BCUT2D eigenvalue weighted by Crippen LogP contribution is -2.25. The summed E-state index contributed by atoms with van der Waals surface area (Å²) in [6, 6.07) is 14.1. The smallest absolute Gasteiger partial charge is 0.0215 e. The van der Waals surface area contributed by atoms with Crippen LogP contribution in [0.25, 0.3) is 11.1 Å². The Morgan fingerprint density at radius 3 is 1.43 bits per heavy atom. The van der Waals surface area contributed by atoms with E-state index in [1.807, 2.05) is 13.8 Å². The summed E-state index contributed by atoms with van der Waals surface area (Å²) in [5, 5.41) is 0. The zero-order chi connectivity index (χ0) is 17.0. The Bertz CT molecular complexity index is 604. The molecule has 3 rings (SSSR count). The molecule has 1 aliphatic rings. The zero-order valence-corrected chi connectivity index (χ0v) is 15.8. The molecular weight excluding hydrogens is 276 g/mol. The number of aryl methyl sites for hydroxylation is 2. The summed E-state index contributed by atoms with van der Waals surface area (Å²) in [6.45, 7) is 13.1. The van der Waals surface area contributed by atoms with Gasteiger partial charge in [0.15, 0.2) is 0 Å². The lowest BCUT2D eigenvalue weighted by Gasteiger charge is -2.32. The van der Waals surface area contributed by atoms with Crippen LogP contribution in [0.3, 0.4) is 0 Å². The number of rotatable bonds is 4. The predicted molar refractivity (Wildman–Crippen MR) is 103 cm³/mol. The summed E-state index contributed by atoms with van der Waals surface area (Å²) in [4.78, 5) is 0. The summed E-state index contributed by atoms with van der Waals surface area (Å²) >= 11 is 0. The number of hydrogen-bond donors (Lipinski definition) is 0. The average Bonchev–Trinajstić information content (AvgIpc) is 2.80. The van der Waals surface area contributed by atoms with Gasteiger partial charge in [-0.25, -0.2) is 0 Å². The third-order valence-corrected chi connectivity index (χ3v) is 5.03. The maximum atomic E-state index is 2.44. The van der Waals surface area contributed by atoms with Crippen molar-refractivity contribution in [2.24, 2.45) is 0 Å². The third-order valence-electron chi connectivity index (χ3n) is 5.03. The van der Waals surface area contributed by atoms with Gasteiger partial charge in [0.05, 0.1) is 0 Å². The van der Waals surface area contributed by atoms with Gasteiger partial charge in [-0.15, -0.1) is 0 Å². The van der Waals surface area contributed by atoms with Crippen LogP contribution in [0.2, 0.25) is 0 Å². The van der Waals surface area contributed by atoms with Crippen LogP contribution in [0.5, 0.6) is 0 Å². The van der Waals surface area contributed by atoms with Gasteiger partial charge >= 0.3 is 0 Å². The first-order chi connectivity index (χ1) is 11.1.